The van der Waals surface area contributed by atoms with Crippen LogP contribution in [0, 0.1) is 0 Å². The monoisotopic (exact) mass is 139 g/mol. The summed E-state index contributed by atoms with van der Waals surface area (Å²) in [5.74, 6) is 0.224. The molecule has 0 fully saturated rings. The fourth-order valence-corrected chi connectivity index (χ4v) is 0.687. The van der Waals surface area contributed by atoms with Crippen molar-refractivity contribution in [3.05, 3.63) is 24.3 Å². The molecule has 10 heavy (non-hydrogen) atoms. The van der Waals surface area contributed by atoms with Crippen molar-refractivity contribution in [2.45, 2.75) is 0 Å². The molecule has 0 bridgehead atoms. The molecule has 3 heteroatoms. The van der Waals surface area contributed by atoms with E-state index in [9.17, 15) is 0 Å². The fourth-order valence-electron chi connectivity index (χ4n) is 0.687. The summed E-state index contributed by atoms with van der Waals surface area (Å²) < 4.78 is 0. The Morgan fingerprint density at radius 2 is 2.30 bits per heavy atom. The van der Waals surface area contributed by atoms with Gasteiger partial charge in [0.2, 0.25) is 0 Å². The van der Waals surface area contributed by atoms with Crippen LogP contribution < -0.4 is 5.48 Å². The maximum atomic E-state index is 8.94. The van der Waals surface area contributed by atoms with Crippen molar-refractivity contribution in [2.24, 2.45) is 0 Å². The van der Waals surface area contributed by atoms with E-state index < -0.39 is 0 Å². The van der Waals surface area contributed by atoms with Crippen LogP contribution in [0.15, 0.2) is 24.3 Å². The van der Waals surface area contributed by atoms with E-state index in [1.165, 1.54) is 7.11 Å². The van der Waals surface area contributed by atoms with Crippen molar-refractivity contribution in [3.8, 4) is 5.75 Å². The van der Waals surface area contributed by atoms with Crippen LogP contribution in [0.3, 0.4) is 0 Å². The summed E-state index contributed by atoms with van der Waals surface area (Å²) in [7, 11) is 1.52. The van der Waals surface area contributed by atoms with Crippen molar-refractivity contribution in [1.82, 2.24) is 0 Å². The zero-order chi connectivity index (χ0) is 7.40. The zero-order valence-electron chi connectivity index (χ0n) is 5.66. The van der Waals surface area contributed by atoms with Crippen molar-refractivity contribution >= 4 is 5.69 Å². The molecule has 0 spiro atoms. The lowest BCUT2D eigenvalue weighted by atomic mass is 10.3. The minimum Gasteiger partial charge on any atom is -0.508 e. The number of aromatic hydroxyl groups is 1. The van der Waals surface area contributed by atoms with E-state index in [1.807, 2.05) is 0 Å². The van der Waals surface area contributed by atoms with E-state index in [-0.39, 0.29) is 5.75 Å². The summed E-state index contributed by atoms with van der Waals surface area (Å²) in [6.45, 7) is 0. The predicted octanol–water partition coefficient (Wildman–Crippen LogP) is 1.37. The first-order valence-electron chi connectivity index (χ1n) is 2.91. The van der Waals surface area contributed by atoms with E-state index in [0.29, 0.717) is 0 Å². The van der Waals surface area contributed by atoms with E-state index in [4.69, 9.17) is 5.11 Å². The lowest BCUT2D eigenvalue weighted by Crippen LogP contribution is -1.93. The third kappa shape index (κ3) is 1.63. The first-order chi connectivity index (χ1) is 4.83. The van der Waals surface area contributed by atoms with Crippen molar-refractivity contribution in [2.75, 3.05) is 12.6 Å². The highest BCUT2D eigenvalue weighted by atomic mass is 16.6. The minimum atomic E-state index is 0.224. The summed E-state index contributed by atoms with van der Waals surface area (Å²) in [4.78, 5) is 4.62. The first-order valence-corrected chi connectivity index (χ1v) is 2.91. The molecule has 0 aliphatic heterocycles. The fraction of sp³-hybridized carbons (Fsp3) is 0.143. The molecule has 0 aromatic heterocycles. The Bertz CT molecular complexity index is 213. The quantitative estimate of drug-likeness (QED) is 0.608. The highest BCUT2D eigenvalue weighted by molar-refractivity contribution is 5.45. The van der Waals surface area contributed by atoms with Gasteiger partial charge >= 0.3 is 0 Å². The summed E-state index contributed by atoms with van der Waals surface area (Å²) in [5, 5.41) is 8.94. The van der Waals surface area contributed by atoms with Crippen LogP contribution in [0.5, 0.6) is 5.75 Å². The molecule has 2 N–H and O–H groups in total. The first kappa shape index (κ1) is 6.89. The standard InChI is InChI=1S/C7H9NO2/c1-10-8-6-3-2-4-7(9)5-6/h2-5,8-9H,1H3. The average Bonchev–Trinajstić information content (AvgIpc) is 1.88. The van der Waals surface area contributed by atoms with Gasteiger partial charge in [0, 0.05) is 6.07 Å². The van der Waals surface area contributed by atoms with Crippen molar-refractivity contribution < 1.29 is 9.94 Å². The third-order valence-corrected chi connectivity index (χ3v) is 1.07. The van der Waals surface area contributed by atoms with Crippen molar-refractivity contribution in [1.29, 1.82) is 0 Å². The van der Waals surface area contributed by atoms with Gasteiger partial charge in [-0.25, -0.2) is 0 Å². The van der Waals surface area contributed by atoms with E-state index in [2.05, 4.69) is 10.3 Å². The van der Waals surface area contributed by atoms with Gasteiger partial charge < -0.3 is 5.11 Å². The summed E-state index contributed by atoms with van der Waals surface area (Å²) in [6, 6.07) is 6.70. The topological polar surface area (TPSA) is 41.5 Å². The summed E-state index contributed by atoms with van der Waals surface area (Å²) in [5.41, 5.74) is 3.33. The zero-order valence-corrected chi connectivity index (χ0v) is 5.66. The Morgan fingerprint density at radius 1 is 1.50 bits per heavy atom. The largest absolute Gasteiger partial charge is 0.508 e. The molecule has 0 aliphatic carbocycles. The molecule has 1 rings (SSSR count). The lowest BCUT2D eigenvalue weighted by Gasteiger charge is -2.01. The van der Waals surface area contributed by atoms with Gasteiger partial charge in [0.05, 0.1) is 12.8 Å². The number of phenols is 1. The van der Waals surface area contributed by atoms with Crippen LogP contribution in [0.1, 0.15) is 0 Å². The molecule has 0 unspecified atom stereocenters. The molecular formula is C7H9NO2. The van der Waals surface area contributed by atoms with E-state index in [1.54, 1.807) is 24.3 Å². The Kier molecular flexibility index (Phi) is 2.12. The van der Waals surface area contributed by atoms with Gasteiger partial charge in [-0.1, -0.05) is 6.07 Å². The molecule has 54 valence electrons. The molecule has 0 atom stereocenters. The van der Waals surface area contributed by atoms with Crippen LogP contribution in [0.4, 0.5) is 5.69 Å². The number of hydrogen-bond acceptors (Lipinski definition) is 3. The molecule has 0 aliphatic rings. The third-order valence-electron chi connectivity index (χ3n) is 1.07. The number of rotatable bonds is 2. The van der Waals surface area contributed by atoms with Gasteiger partial charge in [0.15, 0.2) is 0 Å². The molecule has 1 aromatic rings. The molecule has 0 amide bonds. The Hall–Kier alpha value is -1.22. The molecule has 1 aromatic carbocycles. The summed E-state index contributed by atoms with van der Waals surface area (Å²) in [6.07, 6.45) is 0. The number of benzene rings is 1. The highest BCUT2D eigenvalue weighted by Gasteiger charge is 1.89. The van der Waals surface area contributed by atoms with Crippen LogP contribution in [0.2, 0.25) is 0 Å². The van der Waals surface area contributed by atoms with Gasteiger partial charge in [0.1, 0.15) is 5.75 Å². The van der Waals surface area contributed by atoms with Gasteiger partial charge in [-0.05, 0) is 12.1 Å². The SMILES string of the molecule is CONc1cccc(O)c1. The second kappa shape index (κ2) is 3.08. The average molecular weight is 139 g/mol. The van der Waals surface area contributed by atoms with Crippen LogP contribution >= 0.6 is 0 Å². The highest BCUT2D eigenvalue weighted by Crippen LogP contribution is 2.14. The van der Waals surface area contributed by atoms with Gasteiger partial charge in [-0.15, -0.1) is 0 Å². The number of hydrogen-bond donors (Lipinski definition) is 2. The maximum absolute atomic E-state index is 8.94. The Balaban J connectivity index is 2.75. The van der Waals surface area contributed by atoms with E-state index in [0.717, 1.165) is 5.69 Å². The minimum absolute atomic E-state index is 0.224. The molecule has 0 saturated heterocycles. The van der Waals surface area contributed by atoms with Gasteiger partial charge in [-0.2, -0.15) is 0 Å². The van der Waals surface area contributed by atoms with Crippen LogP contribution in [0.25, 0.3) is 0 Å². The van der Waals surface area contributed by atoms with Gasteiger partial charge in [-0.3, -0.25) is 10.3 Å². The number of anilines is 1. The molecule has 0 saturated carbocycles. The van der Waals surface area contributed by atoms with Gasteiger partial charge in [0.25, 0.3) is 0 Å². The number of phenolic OH excluding ortho intramolecular Hbond substituents is 1. The second-order valence-electron chi connectivity index (χ2n) is 1.86. The van der Waals surface area contributed by atoms with Crippen LogP contribution in [-0.2, 0) is 4.84 Å². The molecule has 0 radical (unpaired) electrons. The molecular weight excluding hydrogens is 130 g/mol. The van der Waals surface area contributed by atoms with E-state index >= 15 is 0 Å². The maximum Gasteiger partial charge on any atom is 0.117 e. The number of nitrogens with one attached hydrogen (secondary N) is 1. The Labute approximate surface area is 59.2 Å². The normalized spacial score (nSPS) is 9.30. The molecule has 3 nitrogen and oxygen atoms in total. The second-order valence-corrected chi connectivity index (χ2v) is 1.86. The Morgan fingerprint density at radius 3 is 2.90 bits per heavy atom. The molecule has 0 heterocycles. The van der Waals surface area contributed by atoms with Crippen molar-refractivity contribution in [3.63, 3.8) is 0 Å². The van der Waals surface area contributed by atoms with Crippen LogP contribution in [-0.4, -0.2) is 12.2 Å². The lowest BCUT2D eigenvalue weighted by molar-refractivity contribution is 0.271. The smallest absolute Gasteiger partial charge is 0.117 e. The predicted molar refractivity (Wildman–Crippen MR) is 38.7 cm³/mol. The summed E-state index contributed by atoms with van der Waals surface area (Å²) >= 11 is 0.